The van der Waals surface area contributed by atoms with E-state index in [2.05, 4.69) is 0 Å². The van der Waals surface area contributed by atoms with Crippen molar-refractivity contribution in [1.82, 2.24) is 0 Å². The summed E-state index contributed by atoms with van der Waals surface area (Å²) in [5, 5.41) is 0. The van der Waals surface area contributed by atoms with Gasteiger partial charge in [-0.25, -0.2) is 13.2 Å². The van der Waals surface area contributed by atoms with E-state index in [4.69, 9.17) is 11.5 Å². The molecule has 1 amide bonds. The van der Waals surface area contributed by atoms with Crippen LogP contribution in [0.2, 0.25) is 0 Å². The fourth-order valence-electron chi connectivity index (χ4n) is 1.15. The third-order valence-electron chi connectivity index (χ3n) is 1.86. The highest BCUT2D eigenvalue weighted by Gasteiger charge is 2.17. The number of carbonyl (C=O) groups excluding carboxylic acids is 1. The van der Waals surface area contributed by atoms with E-state index in [-0.39, 0.29) is 12.0 Å². The van der Waals surface area contributed by atoms with Gasteiger partial charge in [0.25, 0.3) is 0 Å². The van der Waals surface area contributed by atoms with Gasteiger partial charge >= 0.3 is 0 Å². The molecule has 0 aliphatic rings. The molecule has 0 radical (unpaired) electrons. The number of benzene rings is 1. The van der Waals surface area contributed by atoms with Crippen LogP contribution in [0.15, 0.2) is 12.1 Å². The van der Waals surface area contributed by atoms with Crippen LogP contribution in [0.25, 0.3) is 0 Å². The molecule has 0 saturated heterocycles. The normalized spacial score (nSPS) is 12.5. The van der Waals surface area contributed by atoms with E-state index in [0.717, 1.165) is 0 Å². The maximum absolute atomic E-state index is 13.1. The molecule has 4 N–H and O–H groups in total. The van der Waals surface area contributed by atoms with E-state index in [0.29, 0.717) is 12.1 Å². The molecule has 0 aliphatic carbocycles. The Balaban J connectivity index is 3.03. The molecule has 1 aromatic rings. The first-order valence-corrected chi connectivity index (χ1v) is 4.10. The Morgan fingerprint density at radius 2 is 1.73 bits per heavy atom. The molecule has 0 spiro atoms. The van der Waals surface area contributed by atoms with Crippen molar-refractivity contribution in [2.75, 3.05) is 0 Å². The summed E-state index contributed by atoms with van der Waals surface area (Å²) >= 11 is 0. The molecular weight excluding hydrogens is 209 g/mol. The van der Waals surface area contributed by atoms with Gasteiger partial charge in [0, 0.05) is 24.1 Å². The Bertz CT molecular complexity index is 395. The Morgan fingerprint density at radius 1 is 1.20 bits per heavy atom. The Kier molecular flexibility index (Phi) is 3.31. The Hall–Kier alpha value is -1.56. The standard InChI is InChI=1S/C9H9F3N2O/c10-5-2-7(12)6(11)1-4(5)8(13)3-9(14)15/h1-2,8H,3,13H2,(H2,14,15). The third kappa shape index (κ3) is 2.69. The fraction of sp³-hybridized carbons (Fsp3) is 0.222. The predicted octanol–water partition coefficient (Wildman–Crippen LogP) is 0.979. The second-order valence-corrected chi connectivity index (χ2v) is 3.06. The molecule has 15 heavy (non-hydrogen) atoms. The third-order valence-corrected chi connectivity index (χ3v) is 1.86. The maximum Gasteiger partial charge on any atom is 0.219 e. The zero-order valence-electron chi connectivity index (χ0n) is 7.64. The molecular formula is C9H9F3N2O. The van der Waals surface area contributed by atoms with E-state index in [9.17, 15) is 18.0 Å². The van der Waals surface area contributed by atoms with Crippen LogP contribution in [0.3, 0.4) is 0 Å². The first-order valence-electron chi connectivity index (χ1n) is 4.10. The molecule has 1 unspecified atom stereocenters. The smallest absolute Gasteiger partial charge is 0.219 e. The average molecular weight is 218 g/mol. The van der Waals surface area contributed by atoms with E-state index in [1.807, 2.05) is 0 Å². The number of nitrogens with two attached hydrogens (primary N) is 2. The molecule has 0 aliphatic heterocycles. The van der Waals surface area contributed by atoms with Crippen molar-refractivity contribution in [1.29, 1.82) is 0 Å². The molecule has 1 aromatic carbocycles. The number of rotatable bonds is 3. The second-order valence-electron chi connectivity index (χ2n) is 3.06. The van der Waals surface area contributed by atoms with Gasteiger partial charge in [0.05, 0.1) is 0 Å². The summed E-state index contributed by atoms with van der Waals surface area (Å²) in [4.78, 5) is 10.5. The lowest BCUT2D eigenvalue weighted by Crippen LogP contribution is -2.21. The quantitative estimate of drug-likeness (QED) is 0.742. The summed E-state index contributed by atoms with van der Waals surface area (Å²) < 4.78 is 38.4. The SMILES string of the molecule is NC(=O)CC(N)c1cc(F)c(F)cc1F. The minimum atomic E-state index is -1.30. The van der Waals surface area contributed by atoms with E-state index in [1.165, 1.54) is 0 Å². The summed E-state index contributed by atoms with van der Waals surface area (Å²) in [5.41, 5.74) is 9.95. The first-order chi connectivity index (χ1) is 6.91. The molecule has 0 fully saturated rings. The summed E-state index contributed by atoms with van der Waals surface area (Å²) in [6, 6.07) is -0.0679. The van der Waals surface area contributed by atoms with Gasteiger partial charge < -0.3 is 11.5 Å². The number of hydrogen-bond donors (Lipinski definition) is 2. The van der Waals surface area contributed by atoms with Crippen LogP contribution >= 0.6 is 0 Å². The molecule has 3 nitrogen and oxygen atoms in total. The van der Waals surface area contributed by atoms with Crippen molar-refractivity contribution in [3.63, 3.8) is 0 Å². The van der Waals surface area contributed by atoms with Gasteiger partial charge in [-0.2, -0.15) is 0 Å². The Morgan fingerprint density at radius 3 is 2.27 bits per heavy atom. The molecule has 0 aromatic heterocycles. The van der Waals surface area contributed by atoms with Crippen molar-refractivity contribution in [3.05, 3.63) is 35.1 Å². The number of carbonyl (C=O) groups is 1. The van der Waals surface area contributed by atoms with E-state index in [1.54, 1.807) is 0 Å². The lowest BCUT2D eigenvalue weighted by molar-refractivity contribution is -0.118. The van der Waals surface area contributed by atoms with Gasteiger partial charge in [0.2, 0.25) is 5.91 Å². The highest BCUT2D eigenvalue weighted by atomic mass is 19.2. The number of halogens is 3. The van der Waals surface area contributed by atoms with Crippen molar-refractivity contribution in [3.8, 4) is 0 Å². The van der Waals surface area contributed by atoms with Gasteiger partial charge in [0.15, 0.2) is 11.6 Å². The van der Waals surface area contributed by atoms with Gasteiger partial charge in [0.1, 0.15) is 5.82 Å². The summed E-state index contributed by atoms with van der Waals surface area (Å²) in [7, 11) is 0. The van der Waals surface area contributed by atoms with Gasteiger partial charge in [-0.05, 0) is 6.07 Å². The molecule has 6 heteroatoms. The Labute approximate surface area is 83.9 Å². The molecule has 0 saturated carbocycles. The zero-order chi connectivity index (χ0) is 11.6. The monoisotopic (exact) mass is 218 g/mol. The topological polar surface area (TPSA) is 69.1 Å². The molecule has 1 rings (SSSR count). The van der Waals surface area contributed by atoms with Crippen LogP contribution in [0.5, 0.6) is 0 Å². The lowest BCUT2D eigenvalue weighted by atomic mass is 10.0. The highest BCUT2D eigenvalue weighted by molar-refractivity contribution is 5.74. The van der Waals surface area contributed by atoms with Gasteiger partial charge in [-0.3, -0.25) is 4.79 Å². The first kappa shape index (κ1) is 11.5. The molecule has 82 valence electrons. The van der Waals surface area contributed by atoms with Crippen LogP contribution in [0.1, 0.15) is 18.0 Å². The molecule has 1 atom stereocenters. The van der Waals surface area contributed by atoms with E-state index < -0.39 is 29.4 Å². The van der Waals surface area contributed by atoms with Gasteiger partial charge in [-0.1, -0.05) is 0 Å². The van der Waals surface area contributed by atoms with Crippen LogP contribution in [0, 0.1) is 17.5 Å². The minimum absolute atomic E-state index is 0.271. The average Bonchev–Trinajstić information content (AvgIpc) is 2.09. The number of amides is 1. The minimum Gasteiger partial charge on any atom is -0.370 e. The fourth-order valence-corrected chi connectivity index (χ4v) is 1.15. The van der Waals surface area contributed by atoms with Crippen LogP contribution in [-0.4, -0.2) is 5.91 Å². The van der Waals surface area contributed by atoms with Crippen LogP contribution < -0.4 is 11.5 Å². The molecule has 0 bridgehead atoms. The van der Waals surface area contributed by atoms with Crippen molar-refractivity contribution < 1.29 is 18.0 Å². The number of hydrogen-bond acceptors (Lipinski definition) is 2. The van der Waals surface area contributed by atoms with Crippen molar-refractivity contribution in [2.45, 2.75) is 12.5 Å². The largest absolute Gasteiger partial charge is 0.370 e. The van der Waals surface area contributed by atoms with Gasteiger partial charge in [-0.15, -0.1) is 0 Å². The predicted molar refractivity (Wildman–Crippen MR) is 47.1 cm³/mol. The summed E-state index contributed by atoms with van der Waals surface area (Å²) in [5.74, 6) is -4.26. The van der Waals surface area contributed by atoms with E-state index >= 15 is 0 Å². The summed E-state index contributed by atoms with van der Waals surface area (Å²) in [6.07, 6.45) is -0.331. The van der Waals surface area contributed by atoms with Crippen LogP contribution in [-0.2, 0) is 4.79 Å². The van der Waals surface area contributed by atoms with Crippen LogP contribution in [0.4, 0.5) is 13.2 Å². The lowest BCUT2D eigenvalue weighted by Gasteiger charge is -2.11. The van der Waals surface area contributed by atoms with Crippen molar-refractivity contribution >= 4 is 5.91 Å². The molecule has 0 heterocycles. The van der Waals surface area contributed by atoms with Crippen molar-refractivity contribution in [2.24, 2.45) is 11.5 Å². The summed E-state index contributed by atoms with van der Waals surface area (Å²) in [6.45, 7) is 0. The highest BCUT2D eigenvalue weighted by Crippen LogP contribution is 2.20. The maximum atomic E-state index is 13.1. The number of primary amides is 1. The second kappa shape index (κ2) is 4.31. The zero-order valence-corrected chi connectivity index (χ0v) is 7.64.